The van der Waals surface area contributed by atoms with Crippen molar-refractivity contribution in [3.63, 3.8) is 0 Å². The number of carbonyl (C=O) groups excluding carboxylic acids is 2. The van der Waals surface area contributed by atoms with Crippen LogP contribution in [0.2, 0.25) is 0 Å². The van der Waals surface area contributed by atoms with E-state index < -0.39 is 35.7 Å². The number of oxazole rings is 2. The predicted molar refractivity (Wildman–Crippen MR) is 178 cm³/mol. The first-order valence-corrected chi connectivity index (χ1v) is 16.6. The molecule has 244 valence electrons. The van der Waals surface area contributed by atoms with Crippen molar-refractivity contribution in [1.82, 2.24) is 20.6 Å². The van der Waals surface area contributed by atoms with E-state index in [0.29, 0.717) is 28.8 Å². The summed E-state index contributed by atoms with van der Waals surface area (Å²) < 4.78 is 25.8. The molecule has 11 nitrogen and oxygen atoms in total. The van der Waals surface area contributed by atoms with E-state index in [1.54, 1.807) is 6.26 Å². The second-order valence-electron chi connectivity index (χ2n) is 12.7. The van der Waals surface area contributed by atoms with Crippen LogP contribution in [-0.2, 0) is 28.0 Å². The van der Waals surface area contributed by atoms with Crippen molar-refractivity contribution in [3.05, 3.63) is 117 Å². The highest BCUT2D eigenvalue weighted by Gasteiger charge is 2.61. The van der Waals surface area contributed by atoms with Gasteiger partial charge < -0.3 is 34.3 Å². The third-order valence-corrected chi connectivity index (χ3v) is 9.80. The van der Waals surface area contributed by atoms with Gasteiger partial charge in [-0.15, -0.1) is 0 Å². The Hall–Kier alpha value is -5.10. The Morgan fingerprint density at radius 1 is 1.08 bits per heavy atom. The number of halogens is 1. The Kier molecular flexibility index (Phi) is 7.28. The number of para-hydroxylation sites is 1. The van der Waals surface area contributed by atoms with Gasteiger partial charge in [0, 0.05) is 22.0 Å². The molecule has 0 aliphatic carbocycles. The number of rotatable bonds is 5. The van der Waals surface area contributed by atoms with Crippen molar-refractivity contribution in [2.24, 2.45) is 5.92 Å². The van der Waals surface area contributed by atoms with Gasteiger partial charge >= 0.3 is 6.09 Å². The average Bonchev–Trinajstić information content (AvgIpc) is 3.84. The number of benzene rings is 3. The molecule has 5 aromatic rings. The van der Waals surface area contributed by atoms with Gasteiger partial charge in [0.1, 0.15) is 36.1 Å². The van der Waals surface area contributed by atoms with E-state index >= 15 is 0 Å². The molecule has 3 N–H and O–H groups in total. The van der Waals surface area contributed by atoms with Gasteiger partial charge in [0.2, 0.25) is 17.7 Å². The van der Waals surface area contributed by atoms with Gasteiger partial charge in [0.15, 0.2) is 17.7 Å². The normalized spacial score (nSPS) is 22.0. The average molecular weight is 711 g/mol. The molecule has 12 heteroatoms. The van der Waals surface area contributed by atoms with Crippen LogP contribution in [0.5, 0.6) is 5.75 Å². The predicted octanol–water partition coefficient (Wildman–Crippen LogP) is 6.54. The van der Waals surface area contributed by atoms with Gasteiger partial charge in [-0.25, -0.2) is 14.8 Å². The summed E-state index contributed by atoms with van der Waals surface area (Å²) >= 11 is 3.73. The van der Waals surface area contributed by atoms with Crippen molar-refractivity contribution in [3.8, 4) is 17.3 Å². The number of nitrogens with one attached hydrogen (secondary N) is 3. The van der Waals surface area contributed by atoms with Crippen molar-refractivity contribution < 1.29 is 27.9 Å². The molecule has 5 heterocycles. The Labute approximate surface area is 284 Å². The third kappa shape index (κ3) is 4.85. The summed E-state index contributed by atoms with van der Waals surface area (Å²) in [6.07, 6.45) is 0.471. The molecular formula is C36H32BrN5O6. The van der Waals surface area contributed by atoms with Gasteiger partial charge in [-0.05, 0) is 52.0 Å². The minimum atomic E-state index is -1.00. The van der Waals surface area contributed by atoms with Crippen LogP contribution in [0, 0.1) is 12.8 Å². The van der Waals surface area contributed by atoms with Gasteiger partial charge in [-0.3, -0.25) is 4.79 Å². The minimum absolute atomic E-state index is 0.0693. The topological polar surface area (TPSA) is 141 Å². The molecule has 48 heavy (non-hydrogen) atoms. The van der Waals surface area contributed by atoms with Crippen LogP contribution in [-0.4, -0.2) is 34.2 Å². The second kappa shape index (κ2) is 11.6. The molecule has 3 aromatic carbocycles. The maximum Gasteiger partial charge on any atom is 0.408 e. The fraction of sp³-hybridized carbons (Fsp3) is 0.278. The molecule has 0 saturated heterocycles. The van der Waals surface area contributed by atoms with E-state index in [9.17, 15) is 9.59 Å². The lowest BCUT2D eigenvalue weighted by Crippen LogP contribution is -2.49. The molecule has 1 unspecified atom stereocenters. The van der Waals surface area contributed by atoms with E-state index in [-0.39, 0.29) is 24.8 Å². The van der Waals surface area contributed by atoms with Crippen LogP contribution in [0.1, 0.15) is 59.5 Å². The molecule has 8 rings (SSSR count). The third-order valence-electron chi connectivity index (χ3n) is 9.14. The summed E-state index contributed by atoms with van der Waals surface area (Å²) in [5.74, 6) is 1.18. The Morgan fingerprint density at radius 2 is 1.92 bits per heavy atom. The zero-order chi connectivity index (χ0) is 33.2. The summed E-state index contributed by atoms with van der Waals surface area (Å²) in [7, 11) is 0. The monoisotopic (exact) mass is 709 g/mol. The number of amides is 2. The van der Waals surface area contributed by atoms with E-state index in [0.717, 1.165) is 32.4 Å². The SMILES string of the molecule is Cc1coc(-c2nc3oc2[C@]24c5cc(ccc5OC2Nc2c(Br)cccc24)C[C@H](NC(=O)OCc2ccccc2)C(=O)N[C@H]3C(C)C)n1. The van der Waals surface area contributed by atoms with E-state index in [2.05, 4.69) is 36.9 Å². The highest BCUT2D eigenvalue weighted by molar-refractivity contribution is 9.10. The van der Waals surface area contributed by atoms with Crippen LogP contribution in [0.3, 0.4) is 0 Å². The van der Waals surface area contributed by atoms with E-state index in [1.807, 2.05) is 87.5 Å². The van der Waals surface area contributed by atoms with Gasteiger partial charge in [0.05, 0.1) is 11.4 Å². The standard InChI is InChI=1S/C36H32BrN5O6/c1-18(2)27-33-41-29(32-38-19(3)16-45-32)30(48-33)36-22-10-7-11-24(37)28(22)42-34(36)47-26-13-12-21(14-23(26)36)15-25(31(43)40-27)39-35(44)46-17-20-8-5-4-6-9-20/h4-14,16,18,25,27,34,42H,15,17H2,1-3H3,(H,39,44)(H,40,43)/t25-,27-,34?,36-/m0/s1. The van der Waals surface area contributed by atoms with Crippen LogP contribution >= 0.6 is 15.9 Å². The molecule has 3 aliphatic heterocycles. The van der Waals surface area contributed by atoms with Gasteiger partial charge in [-0.2, -0.15) is 0 Å². The summed E-state index contributed by atoms with van der Waals surface area (Å²) in [6, 6.07) is 19.6. The molecule has 2 amide bonds. The Balaban J connectivity index is 1.29. The molecular weight excluding hydrogens is 678 g/mol. The lowest BCUT2D eigenvalue weighted by Gasteiger charge is -2.28. The molecule has 4 bridgehead atoms. The zero-order valence-electron chi connectivity index (χ0n) is 26.4. The van der Waals surface area contributed by atoms with Crippen LogP contribution < -0.4 is 20.7 Å². The number of nitrogens with zero attached hydrogens (tertiary/aromatic N) is 2. The first-order chi connectivity index (χ1) is 23.2. The van der Waals surface area contributed by atoms with Crippen molar-refractivity contribution in [2.45, 2.75) is 57.5 Å². The molecule has 4 atom stereocenters. The Bertz CT molecular complexity index is 2060. The number of fused-ring (bicyclic) bond motifs is 4. The fourth-order valence-electron chi connectivity index (χ4n) is 6.85. The maximum atomic E-state index is 14.0. The van der Waals surface area contributed by atoms with Crippen LogP contribution in [0.15, 0.2) is 86.3 Å². The number of ether oxygens (including phenoxy) is 2. The molecule has 0 fully saturated rings. The number of alkyl carbamates (subject to hydrolysis) is 1. The summed E-state index contributed by atoms with van der Waals surface area (Å²) in [4.78, 5) is 36.7. The van der Waals surface area contributed by atoms with Crippen LogP contribution in [0.25, 0.3) is 11.6 Å². The summed E-state index contributed by atoms with van der Waals surface area (Å²) in [5, 5.41) is 9.50. The first-order valence-electron chi connectivity index (χ1n) is 15.8. The number of aryl methyl sites for hydroxylation is 1. The molecule has 3 aliphatic rings. The number of aromatic nitrogens is 2. The lowest BCUT2D eigenvalue weighted by molar-refractivity contribution is -0.124. The van der Waals surface area contributed by atoms with Crippen molar-refractivity contribution in [1.29, 1.82) is 0 Å². The van der Waals surface area contributed by atoms with Gasteiger partial charge in [0.25, 0.3) is 0 Å². The summed E-state index contributed by atoms with van der Waals surface area (Å²) in [6.45, 7) is 5.85. The number of anilines is 1. The maximum absolute atomic E-state index is 14.0. The molecule has 2 aromatic heterocycles. The largest absolute Gasteiger partial charge is 0.469 e. The number of hydrogen-bond donors (Lipinski definition) is 3. The first kappa shape index (κ1) is 30.2. The second-order valence-corrected chi connectivity index (χ2v) is 13.5. The molecule has 0 saturated carbocycles. The quantitative estimate of drug-likeness (QED) is 0.185. The molecule has 1 spiro atoms. The molecule has 0 radical (unpaired) electrons. The Morgan fingerprint density at radius 3 is 2.69 bits per heavy atom. The van der Waals surface area contributed by atoms with Gasteiger partial charge in [-0.1, -0.05) is 68.4 Å². The lowest BCUT2D eigenvalue weighted by atomic mass is 9.72. The van der Waals surface area contributed by atoms with E-state index in [1.165, 1.54) is 0 Å². The van der Waals surface area contributed by atoms with Crippen molar-refractivity contribution in [2.75, 3.05) is 5.32 Å². The smallest absolute Gasteiger partial charge is 0.408 e. The minimum Gasteiger partial charge on any atom is -0.469 e. The zero-order valence-corrected chi connectivity index (χ0v) is 28.0. The number of hydrogen-bond acceptors (Lipinski definition) is 9. The van der Waals surface area contributed by atoms with Crippen molar-refractivity contribution >= 4 is 33.6 Å². The summed E-state index contributed by atoms with van der Waals surface area (Å²) in [5.41, 5.74) is 4.36. The van der Waals surface area contributed by atoms with Crippen LogP contribution in [0.4, 0.5) is 10.5 Å². The number of carbonyl (C=O) groups is 2. The van der Waals surface area contributed by atoms with E-state index in [4.69, 9.17) is 23.3 Å². The highest BCUT2D eigenvalue weighted by atomic mass is 79.9. The fourth-order valence-corrected chi connectivity index (χ4v) is 7.33. The highest BCUT2D eigenvalue weighted by Crippen LogP contribution is 2.60.